The molecule has 0 aliphatic carbocycles. The van der Waals surface area contributed by atoms with Gasteiger partial charge < -0.3 is 4.90 Å². The van der Waals surface area contributed by atoms with Gasteiger partial charge in [-0.3, -0.25) is 4.79 Å². The molecule has 1 heterocycles. The number of rotatable bonds is 5. The van der Waals surface area contributed by atoms with E-state index in [2.05, 4.69) is 4.72 Å². The quantitative estimate of drug-likeness (QED) is 0.905. The van der Waals surface area contributed by atoms with Gasteiger partial charge in [-0.1, -0.05) is 35.9 Å². The van der Waals surface area contributed by atoms with Crippen LogP contribution in [0, 0.1) is 12.8 Å². The van der Waals surface area contributed by atoms with Gasteiger partial charge in [-0.15, -0.1) is 0 Å². The Bertz CT molecular complexity index is 817. The van der Waals surface area contributed by atoms with Crippen LogP contribution in [-0.4, -0.2) is 27.4 Å². The zero-order valence-corrected chi connectivity index (χ0v) is 14.3. The van der Waals surface area contributed by atoms with E-state index in [1.54, 1.807) is 29.2 Å². The van der Waals surface area contributed by atoms with E-state index in [9.17, 15) is 13.2 Å². The lowest BCUT2D eigenvalue weighted by molar-refractivity contribution is -0.117. The minimum atomic E-state index is -3.54. The average Bonchev–Trinajstić information content (AvgIpc) is 2.95. The van der Waals surface area contributed by atoms with E-state index in [1.165, 1.54) is 0 Å². The molecule has 24 heavy (non-hydrogen) atoms. The molecule has 6 heteroatoms. The molecule has 126 valence electrons. The first kappa shape index (κ1) is 16.7. The number of nitrogens with one attached hydrogen (secondary N) is 1. The summed E-state index contributed by atoms with van der Waals surface area (Å²) in [5.41, 5.74) is 1.86. The van der Waals surface area contributed by atoms with Crippen LogP contribution in [0.2, 0.25) is 0 Å². The van der Waals surface area contributed by atoms with Gasteiger partial charge in [0.1, 0.15) is 0 Å². The summed E-state index contributed by atoms with van der Waals surface area (Å²) in [5.74, 6) is -0.00124. The molecule has 1 aliphatic rings. The highest BCUT2D eigenvalue weighted by atomic mass is 32.2. The van der Waals surface area contributed by atoms with Crippen molar-refractivity contribution in [1.82, 2.24) is 4.72 Å². The lowest BCUT2D eigenvalue weighted by atomic mass is 10.1. The molecular formula is C18H20N2O3S. The second-order valence-corrected chi connectivity index (χ2v) is 7.84. The summed E-state index contributed by atoms with van der Waals surface area (Å²) in [6.45, 7) is 2.69. The third-order valence-electron chi connectivity index (χ3n) is 4.17. The zero-order chi connectivity index (χ0) is 17.2. The average molecular weight is 344 g/mol. The molecule has 1 atom stereocenters. The van der Waals surface area contributed by atoms with Gasteiger partial charge in [-0.05, 0) is 37.1 Å². The van der Waals surface area contributed by atoms with Gasteiger partial charge in [0.2, 0.25) is 15.9 Å². The Kier molecular flexibility index (Phi) is 4.69. The van der Waals surface area contributed by atoms with Crippen LogP contribution in [-0.2, 0) is 14.8 Å². The van der Waals surface area contributed by atoms with Crippen molar-refractivity contribution < 1.29 is 13.2 Å². The SMILES string of the molecule is Cc1ccc(S(=O)(=O)NC[C@@H]2CC(=O)N(c3ccccc3)C2)cc1. The van der Waals surface area contributed by atoms with Crippen molar-refractivity contribution in [2.75, 3.05) is 18.0 Å². The van der Waals surface area contributed by atoms with Gasteiger partial charge >= 0.3 is 0 Å². The molecule has 1 N–H and O–H groups in total. The van der Waals surface area contributed by atoms with E-state index in [4.69, 9.17) is 0 Å². The van der Waals surface area contributed by atoms with Crippen LogP contribution in [0.1, 0.15) is 12.0 Å². The topological polar surface area (TPSA) is 66.5 Å². The van der Waals surface area contributed by atoms with Gasteiger partial charge in [-0.25, -0.2) is 13.1 Å². The predicted molar refractivity (Wildman–Crippen MR) is 93.3 cm³/mol. The van der Waals surface area contributed by atoms with E-state index in [-0.39, 0.29) is 23.3 Å². The molecule has 1 saturated heterocycles. The molecule has 2 aromatic carbocycles. The van der Waals surface area contributed by atoms with E-state index >= 15 is 0 Å². The van der Waals surface area contributed by atoms with Crippen LogP contribution in [0.5, 0.6) is 0 Å². The number of carbonyl (C=O) groups is 1. The second kappa shape index (κ2) is 6.75. The maximum absolute atomic E-state index is 12.3. The van der Waals surface area contributed by atoms with Crippen LogP contribution in [0.3, 0.4) is 0 Å². The van der Waals surface area contributed by atoms with E-state index in [0.29, 0.717) is 13.0 Å². The van der Waals surface area contributed by atoms with E-state index in [0.717, 1.165) is 11.3 Å². The number of anilines is 1. The molecule has 0 saturated carbocycles. The summed E-state index contributed by atoms with van der Waals surface area (Å²) in [6.07, 6.45) is 0.352. The van der Waals surface area contributed by atoms with Gasteiger partial charge in [0.15, 0.2) is 0 Å². The highest BCUT2D eigenvalue weighted by molar-refractivity contribution is 7.89. The number of para-hydroxylation sites is 1. The number of hydrogen-bond acceptors (Lipinski definition) is 3. The van der Waals surface area contributed by atoms with Crippen LogP contribution in [0.4, 0.5) is 5.69 Å². The van der Waals surface area contributed by atoms with Gasteiger partial charge in [0.25, 0.3) is 0 Å². The zero-order valence-electron chi connectivity index (χ0n) is 13.5. The largest absolute Gasteiger partial charge is 0.312 e. The van der Waals surface area contributed by atoms with Crippen molar-refractivity contribution in [3.8, 4) is 0 Å². The van der Waals surface area contributed by atoms with Crippen molar-refractivity contribution in [3.63, 3.8) is 0 Å². The van der Waals surface area contributed by atoms with Crippen LogP contribution < -0.4 is 9.62 Å². The van der Waals surface area contributed by atoms with Crippen molar-refractivity contribution >= 4 is 21.6 Å². The summed E-state index contributed by atoms with van der Waals surface area (Å²) >= 11 is 0. The number of hydrogen-bond donors (Lipinski definition) is 1. The van der Waals surface area contributed by atoms with Crippen LogP contribution in [0.25, 0.3) is 0 Å². The maximum atomic E-state index is 12.3. The molecule has 0 radical (unpaired) electrons. The molecule has 0 unspecified atom stereocenters. The first-order valence-corrected chi connectivity index (χ1v) is 9.36. The molecule has 0 spiro atoms. The number of amides is 1. The van der Waals surface area contributed by atoms with Crippen molar-refractivity contribution in [2.45, 2.75) is 18.2 Å². The Hall–Kier alpha value is -2.18. The third kappa shape index (κ3) is 3.66. The Labute approximate surface area is 142 Å². The van der Waals surface area contributed by atoms with Crippen LogP contribution >= 0.6 is 0 Å². The molecule has 1 aliphatic heterocycles. The molecule has 1 amide bonds. The lowest BCUT2D eigenvalue weighted by Crippen LogP contribution is -2.31. The number of aryl methyl sites for hydroxylation is 1. The fourth-order valence-corrected chi connectivity index (χ4v) is 3.92. The van der Waals surface area contributed by atoms with Crippen molar-refractivity contribution in [3.05, 3.63) is 60.2 Å². The summed E-state index contributed by atoms with van der Waals surface area (Å²) in [4.78, 5) is 14.1. The Morgan fingerprint density at radius 1 is 1.08 bits per heavy atom. The number of nitrogens with zero attached hydrogens (tertiary/aromatic N) is 1. The third-order valence-corrected chi connectivity index (χ3v) is 5.61. The fraction of sp³-hybridized carbons (Fsp3) is 0.278. The number of carbonyl (C=O) groups excluding carboxylic acids is 1. The van der Waals surface area contributed by atoms with Gasteiger partial charge in [0, 0.05) is 25.2 Å². The highest BCUT2D eigenvalue weighted by Crippen LogP contribution is 2.24. The molecule has 1 fully saturated rings. The molecular weight excluding hydrogens is 324 g/mol. The van der Waals surface area contributed by atoms with Crippen LogP contribution in [0.15, 0.2) is 59.5 Å². The van der Waals surface area contributed by atoms with Crippen molar-refractivity contribution in [2.24, 2.45) is 5.92 Å². The van der Waals surface area contributed by atoms with E-state index in [1.807, 2.05) is 37.3 Å². The Balaban J connectivity index is 1.63. The maximum Gasteiger partial charge on any atom is 0.240 e. The second-order valence-electron chi connectivity index (χ2n) is 6.07. The molecule has 3 rings (SSSR count). The highest BCUT2D eigenvalue weighted by Gasteiger charge is 2.31. The monoisotopic (exact) mass is 344 g/mol. The normalized spacial score (nSPS) is 18.1. The minimum absolute atomic E-state index is 0.0285. The standard InChI is InChI=1S/C18H20N2O3S/c1-14-7-9-17(10-8-14)24(22,23)19-12-15-11-18(21)20(13-15)16-5-3-2-4-6-16/h2-10,15,19H,11-13H2,1H3/t15-/m0/s1. The minimum Gasteiger partial charge on any atom is -0.312 e. The first-order valence-electron chi connectivity index (χ1n) is 7.87. The lowest BCUT2D eigenvalue weighted by Gasteiger charge is -2.17. The first-order chi connectivity index (χ1) is 11.5. The predicted octanol–water partition coefficient (Wildman–Crippen LogP) is 2.33. The number of sulfonamides is 1. The summed E-state index contributed by atoms with van der Waals surface area (Å²) < 4.78 is 27.3. The van der Waals surface area contributed by atoms with Gasteiger partial charge in [-0.2, -0.15) is 0 Å². The summed E-state index contributed by atoms with van der Waals surface area (Å²) in [5, 5.41) is 0. The smallest absolute Gasteiger partial charge is 0.240 e. The molecule has 0 bridgehead atoms. The molecule has 2 aromatic rings. The summed E-state index contributed by atoms with van der Waals surface area (Å²) in [7, 11) is -3.54. The van der Waals surface area contributed by atoms with Crippen molar-refractivity contribution in [1.29, 1.82) is 0 Å². The van der Waals surface area contributed by atoms with Gasteiger partial charge in [0.05, 0.1) is 4.90 Å². The number of benzene rings is 2. The Morgan fingerprint density at radius 2 is 1.75 bits per heavy atom. The summed E-state index contributed by atoms with van der Waals surface area (Å²) in [6, 6.07) is 16.2. The molecule has 5 nitrogen and oxygen atoms in total. The van der Waals surface area contributed by atoms with E-state index < -0.39 is 10.0 Å². The molecule has 0 aromatic heterocycles. The Morgan fingerprint density at radius 3 is 2.42 bits per heavy atom. The fourth-order valence-electron chi connectivity index (χ4n) is 2.80.